The van der Waals surface area contributed by atoms with Crippen LogP contribution in [0.15, 0.2) is 0 Å². The number of hydrogen-bond acceptors (Lipinski definition) is 2. The molecule has 0 aromatic rings. The molecule has 0 heterocycles. The van der Waals surface area contributed by atoms with Crippen molar-refractivity contribution >= 4 is 0 Å². The lowest BCUT2D eigenvalue weighted by Gasteiger charge is -2.52. The van der Waals surface area contributed by atoms with E-state index >= 15 is 0 Å². The number of ether oxygens (including phenoxy) is 1. The van der Waals surface area contributed by atoms with Gasteiger partial charge in [0.2, 0.25) is 0 Å². The van der Waals surface area contributed by atoms with Gasteiger partial charge in [0.25, 0.3) is 0 Å². The highest BCUT2D eigenvalue weighted by Gasteiger charge is 2.51. The molecule has 1 aliphatic carbocycles. The average Bonchev–Trinajstić information content (AvgIpc) is 1.86. The Labute approximate surface area is 62.2 Å². The number of methoxy groups -OCH3 is 1. The normalized spacial score (nSPS) is 37.2. The first-order valence-corrected chi connectivity index (χ1v) is 3.73. The summed E-state index contributed by atoms with van der Waals surface area (Å²) >= 11 is 0. The van der Waals surface area contributed by atoms with E-state index in [0.29, 0.717) is 6.61 Å². The predicted octanol–water partition coefficient (Wildman–Crippen LogP) is 1.18. The van der Waals surface area contributed by atoms with Gasteiger partial charge in [-0.1, -0.05) is 13.8 Å². The van der Waals surface area contributed by atoms with Crippen molar-refractivity contribution in [2.45, 2.75) is 32.3 Å². The molecule has 1 unspecified atom stereocenters. The van der Waals surface area contributed by atoms with Gasteiger partial charge in [0.05, 0.1) is 12.2 Å². The molecule has 1 saturated carbocycles. The highest BCUT2D eigenvalue weighted by Crippen LogP contribution is 2.49. The van der Waals surface area contributed by atoms with Crippen molar-refractivity contribution in [2.24, 2.45) is 5.41 Å². The van der Waals surface area contributed by atoms with Crippen molar-refractivity contribution < 1.29 is 9.84 Å². The van der Waals surface area contributed by atoms with Gasteiger partial charge in [0, 0.05) is 7.11 Å². The third-order valence-corrected chi connectivity index (χ3v) is 2.81. The summed E-state index contributed by atoms with van der Waals surface area (Å²) in [5, 5.41) is 9.81. The topological polar surface area (TPSA) is 29.5 Å². The summed E-state index contributed by atoms with van der Waals surface area (Å²) in [7, 11) is 1.63. The molecular weight excluding hydrogens is 128 g/mol. The smallest absolute Gasteiger partial charge is 0.0930 e. The van der Waals surface area contributed by atoms with Crippen LogP contribution in [0.3, 0.4) is 0 Å². The van der Waals surface area contributed by atoms with Crippen molar-refractivity contribution in [3.05, 3.63) is 0 Å². The van der Waals surface area contributed by atoms with Crippen LogP contribution < -0.4 is 0 Å². The van der Waals surface area contributed by atoms with Crippen LogP contribution >= 0.6 is 0 Å². The highest BCUT2D eigenvalue weighted by molar-refractivity contribution is 5.02. The Bertz CT molecular complexity index is 131. The van der Waals surface area contributed by atoms with Gasteiger partial charge in [0.1, 0.15) is 0 Å². The van der Waals surface area contributed by atoms with E-state index in [4.69, 9.17) is 4.74 Å². The molecule has 1 fully saturated rings. The second kappa shape index (κ2) is 2.21. The lowest BCUT2D eigenvalue weighted by Crippen LogP contribution is -2.56. The van der Waals surface area contributed by atoms with E-state index in [1.807, 2.05) is 0 Å². The Morgan fingerprint density at radius 1 is 1.40 bits per heavy atom. The molecule has 60 valence electrons. The molecule has 1 atom stereocenters. The lowest BCUT2D eigenvalue weighted by molar-refractivity contribution is -0.178. The molecule has 10 heavy (non-hydrogen) atoms. The third kappa shape index (κ3) is 0.956. The van der Waals surface area contributed by atoms with Gasteiger partial charge in [-0.05, 0) is 18.3 Å². The molecule has 1 aliphatic rings. The van der Waals surface area contributed by atoms with Crippen LogP contribution in [0, 0.1) is 5.41 Å². The van der Waals surface area contributed by atoms with E-state index in [1.54, 1.807) is 7.11 Å². The first kappa shape index (κ1) is 8.02. The molecule has 2 nitrogen and oxygen atoms in total. The number of rotatable bonds is 2. The summed E-state index contributed by atoms with van der Waals surface area (Å²) in [4.78, 5) is 0. The van der Waals surface area contributed by atoms with E-state index in [1.165, 1.54) is 0 Å². The summed E-state index contributed by atoms with van der Waals surface area (Å²) in [5.74, 6) is 0. The largest absolute Gasteiger partial charge is 0.387 e. The lowest BCUT2D eigenvalue weighted by atomic mass is 9.59. The Morgan fingerprint density at radius 2 is 2.00 bits per heavy atom. The maximum absolute atomic E-state index is 9.81. The fraction of sp³-hybridized carbons (Fsp3) is 1.00. The maximum Gasteiger partial charge on any atom is 0.0930 e. The van der Waals surface area contributed by atoms with Crippen molar-refractivity contribution in [3.8, 4) is 0 Å². The third-order valence-electron chi connectivity index (χ3n) is 2.81. The molecule has 0 aromatic heterocycles. The van der Waals surface area contributed by atoms with Crippen LogP contribution in [0.4, 0.5) is 0 Å². The molecule has 0 amide bonds. The summed E-state index contributed by atoms with van der Waals surface area (Å²) in [6.07, 6.45) is 1.99. The van der Waals surface area contributed by atoms with Gasteiger partial charge in [0.15, 0.2) is 0 Å². The minimum absolute atomic E-state index is 0.0585. The molecule has 0 spiro atoms. The number of aliphatic hydroxyl groups is 1. The zero-order valence-electron chi connectivity index (χ0n) is 6.98. The van der Waals surface area contributed by atoms with Crippen LogP contribution in [0.2, 0.25) is 0 Å². The molecule has 0 aromatic carbocycles. The van der Waals surface area contributed by atoms with E-state index in [2.05, 4.69) is 13.8 Å². The SMILES string of the molecule is COCC1(O)CCC1(C)C. The first-order chi connectivity index (χ1) is 4.52. The zero-order chi connectivity index (χ0) is 7.83. The molecular formula is C8H16O2. The zero-order valence-corrected chi connectivity index (χ0v) is 6.98. The fourth-order valence-electron chi connectivity index (χ4n) is 1.42. The van der Waals surface area contributed by atoms with E-state index in [9.17, 15) is 5.11 Å². The van der Waals surface area contributed by atoms with Crippen LogP contribution in [0.25, 0.3) is 0 Å². The second-order valence-corrected chi connectivity index (χ2v) is 3.85. The summed E-state index contributed by atoms with van der Waals surface area (Å²) in [6, 6.07) is 0. The van der Waals surface area contributed by atoms with Crippen LogP contribution in [0.1, 0.15) is 26.7 Å². The van der Waals surface area contributed by atoms with Crippen molar-refractivity contribution in [2.75, 3.05) is 13.7 Å². The summed E-state index contributed by atoms with van der Waals surface area (Å²) in [6.45, 7) is 4.63. The van der Waals surface area contributed by atoms with Crippen LogP contribution in [-0.4, -0.2) is 24.4 Å². The summed E-state index contributed by atoms with van der Waals surface area (Å²) < 4.78 is 4.93. The van der Waals surface area contributed by atoms with E-state index in [0.717, 1.165) is 12.8 Å². The van der Waals surface area contributed by atoms with Crippen LogP contribution in [0.5, 0.6) is 0 Å². The van der Waals surface area contributed by atoms with Gasteiger partial charge in [-0.2, -0.15) is 0 Å². The van der Waals surface area contributed by atoms with E-state index in [-0.39, 0.29) is 5.41 Å². The molecule has 0 saturated heterocycles. The average molecular weight is 144 g/mol. The van der Waals surface area contributed by atoms with Gasteiger partial charge in [-0.25, -0.2) is 0 Å². The Hall–Kier alpha value is -0.0800. The van der Waals surface area contributed by atoms with Gasteiger partial charge in [-0.15, -0.1) is 0 Å². The standard InChI is InChI=1S/C8H16O2/c1-7(2)4-5-8(7,9)6-10-3/h9H,4-6H2,1-3H3. The van der Waals surface area contributed by atoms with Crippen LogP contribution in [-0.2, 0) is 4.74 Å². The van der Waals surface area contributed by atoms with Crippen molar-refractivity contribution in [1.82, 2.24) is 0 Å². The highest BCUT2D eigenvalue weighted by atomic mass is 16.5. The maximum atomic E-state index is 9.81. The molecule has 0 aliphatic heterocycles. The Kier molecular flexibility index (Phi) is 1.77. The minimum Gasteiger partial charge on any atom is -0.387 e. The monoisotopic (exact) mass is 144 g/mol. The molecule has 0 bridgehead atoms. The predicted molar refractivity (Wildman–Crippen MR) is 39.8 cm³/mol. The van der Waals surface area contributed by atoms with Gasteiger partial charge < -0.3 is 9.84 Å². The van der Waals surface area contributed by atoms with Gasteiger partial charge >= 0.3 is 0 Å². The fourth-order valence-corrected chi connectivity index (χ4v) is 1.42. The Balaban J connectivity index is 2.53. The molecule has 1 rings (SSSR count). The van der Waals surface area contributed by atoms with Crippen molar-refractivity contribution in [1.29, 1.82) is 0 Å². The minimum atomic E-state index is -0.554. The quantitative estimate of drug-likeness (QED) is 0.630. The number of hydrogen-bond donors (Lipinski definition) is 1. The van der Waals surface area contributed by atoms with Gasteiger partial charge in [-0.3, -0.25) is 0 Å². The molecule has 0 radical (unpaired) electrons. The molecule has 2 heteroatoms. The Morgan fingerprint density at radius 3 is 2.10 bits per heavy atom. The second-order valence-electron chi connectivity index (χ2n) is 3.85. The van der Waals surface area contributed by atoms with E-state index < -0.39 is 5.60 Å². The van der Waals surface area contributed by atoms with Crippen molar-refractivity contribution in [3.63, 3.8) is 0 Å². The first-order valence-electron chi connectivity index (χ1n) is 3.73. The summed E-state index contributed by atoms with van der Waals surface area (Å²) in [5.41, 5.74) is -0.495. The molecule has 1 N–H and O–H groups in total.